The van der Waals surface area contributed by atoms with Crippen LogP contribution in [0.2, 0.25) is 0 Å². The molecule has 1 aromatic carbocycles. The van der Waals surface area contributed by atoms with Gasteiger partial charge in [-0.05, 0) is 36.6 Å². The minimum atomic E-state index is -0.524. The lowest BCUT2D eigenvalue weighted by molar-refractivity contribution is -0.111. The molecular formula is C25H25F2N5O2. The van der Waals surface area contributed by atoms with Crippen molar-refractivity contribution in [2.75, 3.05) is 31.6 Å². The molecule has 1 amide bonds. The highest BCUT2D eigenvalue weighted by molar-refractivity contribution is 6.02. The van der Waals surface area contributed by atoms with Crippen LogP contribution >= 0.6 is 0 Å². The quantitative estimate of drug-likeness (QED) is 0.533. The Labute approximate surface area is 196 Å². The lowest BCUT2D eigenvalue weighted by Crippen LogP contribution is -2.35. The smallest absolute Gasteiger partial charge is 0.248 e. The average molecular weight is 466 g/mol. The minimum Gasteiger partial charge on any atom is -0.379 e. The number of morpholine rings is 1. The Hall–Kier alpha value is -3.43. The van der Waals surface area contributed by atoms with Crippen molar-refractivity contribution >= 4 is 17.7 Å². The summed E-state index contributed by atoms with van der Waals surface area (Å²) >= 11 is 0. The fourth-order valence-electron chi connectivity index (χ4n) is 4.00. The van der Waals surface area contributed by atoms with E-state index in [1.165, 1.54) is 24.4 Å². The molecule has 2 aliphatic rings. The number of nitrogens with zero attached hydrogens (tertiary/aromatic N) is 4. The van der Waals surface area contributed by atoms with Crippen molar-refractivity contribution in [1.29, 1.82) is 0 Å². The van der Waals surface area contributed by atoms with Crippen molar-refractivity contribution in [3.63, 3.8) is 0 Å². The molecule has 7 nitrogen and oxygen atoms in total. The van der Waals surface area contributed by atoms with Crippen LogP contribution < -0.4 is 5.32 Å². The zero-order chi connectivity index (χ0) is 23.5. The lowest BCUT2D eigenvalue weighted by atomic mass is 10.0. The summed E-state index contributed by atoms with van der Waals surface area (Å²) in [6, 6.07) is 5.15. The van der Waals surface area contributed by atoms with E-state index >= 15 is 0 Å². The fraction of sp³-hybridized carbons (Fsp3) is 0.320. The predicted molar refractivity (Wildman–Crippen MR) is 124 cm³/mol. The van der Waals surface area contributed by atoms with Crippen LogP contribution in [0.3, 0.4) is 0 Å². The molecule has 0 atom stereocenters. The Balaban J connectivity index is 1.27. The van der Waals surface area contributed by atoms with Gasteiger partial charge in [-0.2, -0.15) is 5.10 Å². The van der Waals surface area contributed by atoms with E-state index < -0.39 is 17.5 Å². The maximum absolute atomic E-state index is 14.6. The third kappa shape index (κ3) is 5.21. The number of aromatic nitrogens is 3. The number of rotatable bonds is 7. The molecule has 1 saturated carbocycles. The Bertz CT molecular complexity index is 1220. The molecule has 0 unspecified atom stereocenters. The summed E-state index contributed by atoms with van der Waals surface area (Å²) in [6.07, 6.45) is 10.9. The number of nitrogens with one attached hydrogen (secondary N) is 1. The topological polar surface area (TPSA) is 72.3 Å². The third-order valence-electron chi connectivity index (χ3n) is 5.96. The van der Waals surface area contributed by atoms with Crippen molar-refractivity contribution in [3.05, 3.63) is 71.8 Å². The molecule has 1 N–H and O–H groups in total. The van der Waals surface area contributed by atoms with Crippen molar-refractivity contribution in [3.8, 4) is 11.1 Å². The van der Waals surface area contributed by atoms with Gasteiger partial charge in [0.25, 0.3) is 0 Å². The van der Waals surface area contributed by atoms with Gasteiger partial charge in [0.15, 0.2) is 0 Å². The van der Waals surface area contributed by atoms with Gasteiger partial charge in [-0.15, -0.1) is 0 Å². The van der Waals surface area contributed by atoms with Crippen LogP contribution in [0.5, 0.6) is 0 Å². The van der Waals surface area contributed by atoms with E-state index in [0.29, 0.717) is 42.5 Å². The van der Waals surface area contributed by atoms with Crippen LogP contribution in [-0.4, -0.2) is 51.9 Å². The van der Waals surface area contributed by atoms with Crippen molar-refractivity contribution in [2.45, 2.75) is 25.4 Å². The zero-order valence-corrected chi connectivity index (χ0v) is 18.6. The standard InChI is InChI=1S/C25H25F2N5O2/c26-21-11-17(15-31-7-9-34-10-8-31)1-5-23(21)30-24(33)6-2-18-12-28-14-22(27)25(18)19-13-29-32(16-19)20-3-4-20/h1-2,5-6,11-14,16,20H,3-4,7-10,15H2,(H,30,33)/b6-2+. The third-order valence-corrected chi connectivity index (χ3v) is 5.96. The second-order valence-electron chi connectivity index (χ2n) is 8.55. The first-order chi connectivity index (χ1) is 16.6. The van der Waals surface area contributed by atoms with Gasteiger partial charge < -0.3 is 10.1 Å². The number of hydrogen-bond donors (Lipinski definition) is 1. The van der Waals surface area contributed by atoms with Crippen LogP contribution in [0, 0.1) is 11.6 Å². The summed E-state index contributed by atoms with van der Waals surface area (Å²) in [5, 5.41) is 6.86. The van der Waals surface area contributed by atoms with Gasteiger partial charge in [-0.1, -0.05) is 6.07 Å². The number of pyridine rings is 1. The highest BCUT2D eigenvalue weighted by Crippen LogP contribution is 2.36. The summed E-state index contributed by atoms with van der Waals surface area (Å²) in [5.41, 5.74) is 2.30. The van der Waals surface area contributed by atoms with Crippen LogP contribution in [0.4, 0.5) is 14.5 Å². The molecule has 176 valence electrons. The van der Waals surface area contributed by atoms with Gasteiger partial charge in [0.1, 0.15) is 11.6 Å². The molecule has 0 spiro atoms. The lowest BCUT2D eigenvalue weighted by Gasteiger charge is -2.26. The van der Waals surface area contributed by atoms with Gasteiger partial charge in [0.2, 0.25) is 5.91 Å². The molecule has 2 fully saturated rings. The van der Waals surface area contributed by atoms with E-state index in [1.54, 1.807) is 24.5 Å². The van der Waals surface area contributed by atoms with Crippen molar-refractivity contribution < 1.29 is 18.3 Å². The molecule has 0 radical (unpaired) electrons. The van der Waals surface area contributed by atoms with Gasteiger partial charge in [0, 0.05) is 54.8 Å². The molecule has 5 rings (SSSR count). The summed E-state index contributed by atoms with van der Waals surface area (Å²) in [5.74, 6) is -1.53. The van der Waals surface area contributed by atoms with Crippen molar-refractivity contribution in [2.24, 2.45) is 0 Å². The Morgan fingerprint density at radius 2 is 1.97 bits per heavy atom. The SMILES string of the molecule is O=C(/C=C/c1cncc(F)c1-c1cnn(C2CC2)c1)Nc1ccc(CN2CCOCC2)cc1F. The van der Waals surface area contributed by atoms with Gasteiger partial charge in [-0.25, -0.2) is 8.78 Å². The number of benzene rings is 1. The first kappa shape index (κ1) is 22.4. The van der Waals surface area contributed by atoms with Crippen LogP contribution in [0.25, 0.3) is 17.2 Å². The summed E-state index contributed by atoms with van der Waals surface area (Å²) in [7, 11) is 0. The number of amides is 1. The highest BCUT2D eigenvalue weighted by Gasteiger charge is 2.25. The minimum absolute atomic E-state index is 0.0867. The van der Waals surface area contributed by atoms with Gasteiger partial charge in [-0.3, -0.25) is 19.4 Å². The highest BCUT2D eigenvalue weighted by atomic mass is 19.1. The van der Waals surface area contributed by atoms with Crippen LogP contribution in [0.15, 0.2) is 49.1 Å². The molecular weight excluding hydrogens is 440 g/mol. The van der Waals surface area contributed by atoms with E-state index in [2.05, 4.69) is 20.3 Å². The molecule has 3 aromatic rings. The Morgan fingerprint density at radius 1 is 1.15 bits per heavy atom. The number of halogens is 2. The molecule has 1 aliphatic heterocycles. The second-order valence-corrected chi connectivity index (χ2v) is 8.55. The van der Waals surface area contributed by atoms with Crippen LogP contribution in [-0.2, 0) is 16.1 Å². The average Bonchev–Trinajstić information content (AvgIpc) is 3.57. The number of hydrogen-bond acceptors (Lipinski definition) is 5. The molecule has 3 heterocycles. The first-order valence-corrected chi connectivity index (χ1v) is 11.3. The number of ether oxygens (including phenoxy) is 1. The number of carbonyl (C=O) groups is 1. The van der Waals surface area contributed by atoms with E-state index in [9.17, 15) is 13.6 Å². The van der Waals surface area contributed by atoms with Crippen molar-refractivity contribution in [1.82, 2.24) is 19.7 Å². The zero-order valence-electron chi connectivity index (χ0n) is 18.6. The van der Waals surface area contributed by atoms with Gasteiger partial charge in [0.05, 0.1) is 37.3 Å². The Kier molecular flexibility index (Phi) is 6.46. The van der Waals surface area contributed by atoms with E-state index in [1.807, 2.05) is 4.68 Å². The molecule has 1 aliphatic carbocycles. The molecule has 34 heavy (non-hydrogen) atoms. The second kappa shape index (κ2) is 9.82. The summed E-state index contributed by atoms with van der Waals surface area (Å²) in [6.45, 7) is 3.59. The summed E-state index contributed by atoms with van der Waals surface area (Å²) in [4.78, 5) is 18.6. The van der Waals surface area contributed by atoms with E-state index in [0.717, 1.165) is 37.7 Å². The normalized spacial score (nSPS) is 16.8. The molecule has 1 saturated heterocycles. The number of carbonyl (C=O) groups excluding carboxylic acids is 1. The monoisotopic (exact) mass is 465 g/mol. The predicted octanol–water partition coefficient (Wildman–Crippen LogP) is 4.04. The van der Waals surface area contributed by atoms with Gasteiger partial charge >= 0.3 is 0 Å². The number of anilines is 1. The van der Waals surface area contributed by atoms with Crippen LogP contribution in [0.1, 0.15) is 30.0 Å². The molecule has 2 aromatic heterocycles. The van der Waals surface area contributed by atoms with E-state index in [4.69, 9.17) is 4.74 Å². The summed E-state index contributed by atoms with van der Waals surface area (Å²) < 4.78 is 36.4. The maximum atomic E-state index is 14.6. The Morgan fingerprint density at radius 3 is 2.74 bits per heavy atom. The molecule has 9 heteroatoms. The first-order valence-electron chi connectivity index (χ1n) is 11.3. The molecule has 0 bridgehead atoms. The largest absolute Gasteiger partial charge is 0.379 e. The van der Waals surface area contributed by atoms with E-state index in [-0.39, 0.29) is 5.69 Å². The fourth-order valence-corrected chi connectivity index (χ4v) is 4.00. The maximum Gasteiger partial charge on any atom is 0.248 e.